The van der Waals surface area contributed by atoms with Crippen LogP contribution < -0.4 is 5.32 Å². The van der Waals surface area contributed by atoms with Crippen molar-refractivity contribution in [1.29, 1.82) is 0 Å². The first-order valence-electron chi connectivity index (χ1n) is 10.6. The van der Waals surface area contributed by atoms with Crippen LogP contribution in [0.4, 0.5) is 0 Å². The van der Waals surface area contributed by atoms with E-state index in [1.165, 1.54) is 30.4 Å². The van der Waals surface area contributed by atoms with E-state index in [-0.39, 0.29) is 23.8 Å². The maximum Gasteiger partial charge on any atom is 0.226 e. The molecule has 1 heterocycles. The molecule has 1 aliphatic carbocycles. The zero-order valence-electron chi connectivity index (χ0n) is 17.1. The van der Waals surface area contributed by atoms with E-state index in [0.29, 0.717) is 25.4 Å². The number of aryl methyl sites for hydroxylation is 2. The Morgan fingerprint density at radius 3 is 2.41 bits per heavy atom. The molecule has 27 heavy (non-hydrogen) atoms. The fraction of sp³-hybridized carbons (Fsp3) is 0.652. The molecule has 0 spiro atoms. The quantitative estimate of drug-likeness (QED) is 0.862. The van der Waals surface area contributed by atoms with Gasteiger partial charge < -0.3 is 10.2 Å². The van der Waals surface area contributed by atoms with E-state index in [1.54, 1.807) is 0 Å². The predicted molar refractivity (Wildman–Crippen MR) is 109 cm³/mol. The van der Waals surface area contributed by atoms with Gasteiger partial charge in [-0.15, -0.1) is 0 Å². The van der Waals surface area contributed by atoms with Crippen LogP contribution in [0.25, 0.3) is 0 Å². The van der Waals surface area contributed by atoms with Crippen LogP contribution in [-0.2, 0) is 28.9 Å². The van der Waals surface area contributed by atoms with E-state index in [4.69, 9.17) is 0 Å². The van der Waals surface area contributed by atoms with Crippen molar-refractivity contribution < 1.29 is 9.59 Å². The number of fused-ring (bicyclic) bond motifs is 1. The summed E-state index contributed by atoms with van der Waals surface area (Å²) in [6.45, 7) is 7.68. The molecule has 2 aliphatic rings. The number of nitrogens with zero attached hydrogens (tertiary/aromatic N) is 1. The molecule has 1 aromatic rings. The first kappa shape index (κ1) is 19.9. The van der Waals surface area contributed by atoms with E-state index in [2.05, 4.69) is 44.3 Å². The van der Waals surface area contributed by atoms with Gasteiger partial charge in [-0.3, -0.25) is 9.59 Å². The standard InChI is InChI=1S/C23H34N2O2/c1-16(2)17(3)24-23(27)20-10-12-25(13-11-20)22(26)15-18-8-9-19-6-4-5-7-21(19)14-18/h8-9,14,16-17,20H,4-7,10-13,15H2,1-3H3,(H,24,27). The highest BCUT2D eigenvalue weighted by Gasteiger charge is 2.28. The molecule has 1 aromatic carbocycles. The molecule has 2 amide bonds. The summed E-state index contributed by atoms with van der Waals surface area (Å²) in [6, 6.07) is 6.76. The maximum absolute atomic E-state index is 12.7. The summed E-state index contributed by atoms with van der Waals surface area (Å²) < 4.78 is 0. The molecule has 3 rings (SSSR count). The third kappa shape index (κ3) is 5.12. The van der Waals surface area contributed by atoms with Crippen LogP contribution in [0, 0.1) is 11.8 Å². The Morgan fingerprint density at radius 1 is 1.07 bits per heavy atom. The molecule has 4 nitrogen and oxygen atoms in total. The van der Waals surface area contributed by atoms with Gasteiger partial charge in [-0.1, -0.05) is 32.0 Å². The second kappa shape index (κ2) is 8.90. The largest absolute Gasteiger partial charge is 0.353 e. The third-order valence-corrected chi connectivity index (χ3v) is 6.36. The Morgan fingerprint density at radius 2 is 1.74 bits per heavy atom. The Bertz CT molecular complexity index is 675. The first-order valence-corrected chi connectivity index (χ1v) is 10.6. The number of hydrogen-bond donors (Lipinski definition) is 1. The second-order valence-electron chi connectivity index (χ2n) is 8.68. The maximum atomic E-state index is 12.7. The lowest BCUT2D eigenvalue weighted by molar-refractivity contribution is -0.135. The van der Waals surface area contributed by atoms with Gasteiger partial charge in [0.25, 0.3) is 0 Å². The number of amides is 2. The van der Waals surface area contributed by atoms with Crippen molar-refractivity contribution in [3.05, 3.63) is 34.9 Å². The molecule has 1 aliphatic heterocycles. The number of carbonyl (C=O) groups is 2. The summed E-state index contributed by atoms with van der Waals surface area (Å²) in [5, 5.41) is 3.12. The van der Waals surface area contributed by atoms with Gasteiger partial charge in [0.2, 0.25) is 11.8 Å². The smallest absolute Gasteiger partial charge is 0.226 e. The summed E-state index contributed by atoms with van der Waals surface area (Å²) in [5.74, 6) is 0.824. The molecule has 1 saturated heterocycles. The van der Waals surface area contributed by atoms with Crippen LogP contribution in [0.15, 0.2) is 18.2 Å². The van der Waals surface area contributed by atoms with Crippen LogP contribution in [0.1, 0.15) is 63.1 Å². The minimum absolute atomic E-state index is 0.0407. The molecule has 0 aromatic heterocycles. The molecule has 4 heteroatoms. The molecule has 0 radical (unpaired) electrons. The Balaban J connectivity index is 1.49. The summed E-state index contributed by atoms with van der Waals surface area (Å²) in [4.78, 5) is 27.0. The van der Waals surface area contributed by atoms with Gasteiger partial charge in [-0.05, 0) is 68.1 Å². The molecule has 148 valence electrons. The van der Waals surface area contributed by atoms with E-state index in [1.807, 2.05) is 4.90 Å². The predicted octanol–water partition coefficient (Wildman–Crippen LogP) is 3.51. The van der Waals surface area contributed by atoms with Gasteiger partial charge in [-0.25, -0.2) is 0 Å². The van der Waals surface area contributed by atoms with Crippen LogP contribution in [0.2, 0.25) is 0 Å². The van der Waals surface area contributed by atoms with Crippen molar-refractivity contribution in [2.45, 2.75) is 71.8 Å². The minimum Gasteiger partial charge on any atom is -0.353 e. The molecule has 1 fully saturated rings. The van der Waals surface area contributed by atoms with Gasteiger partial charge in [0.05, 0.1) is 6.42 Å². The molecule has 1 unspecified atom stereocenters. The molecular formula is C23H34N2O2. The lowest BCUT2D eigenvalue weighted by Crippen LogP contribution is -2.46. The molecular weight excluding hydrogens is 336 g/mol. The topological polar surface area (TPSA) is 49.4 Å². The number of nitrogens with one attached hydrogen (secondary N) is 1. The fourth-order valence-electron chi connectivity index (χ4n) is 4.08. The highest BCUT2D eigenvalue weighted by atomic mass is 16.2. The zero-order chi connectivity index (χ0) is 19.4. The van der Waals surface area contributed by atoms with Crippen LogP contribution in [0.3, 0.4) is 0 Å². The second-order valence-corrected chi connectivity index (χ2v) is 8.68. The van der Waals surface area contributed by atoms with Crippen LogP contribution in [-0.4, -0.2) is 35.8 Å². The summed E-state index contributed by atoms with van der Waals surface area (Å²) in [5.41, 5.74) is 4.02. The highest BCUT2D eigenvalue weighted by molar-refractivity contribution is 5.81. The number of carbonyl (C=O) groups excluding carboxylic acids is 2. The molecule has 0 saturated carbocycles. The average molecular weight is 371 g/mol. The van der Waals surface area contributed by atoms with Gasteiger partial charge in [-0.2, -0.15) is 0 Å². The fourth-order valence-corrected chi connectivity index (χ4v) is 4.08. The van der Waals surface area contributed by atoms with Gasteiger partial charge >= 0.3 is 0 Å². The number of piperidine rings is 1. The normalized spacial score (nSPS) is 18.9. The number of hydrogen-bond acceptors (Lipinski definition) is 2. The third-order valence-electron chi connectivity index (χ3n) is 6.36. The Kier molecular flexibility index (Phi) is 6.56. The van der Waals surface area contributed by atoms with Crippen molar-refractivity contribution in [2.75, 3.05) is 13.1 Å². The molecule has 1 atom stereocenters. The van der Waals surface area contributed by atoms with Gasteiger partial charge in [0.1, 0.15) is 0 Å². The monoisotopic (exact) mass is 370 g/mol. The SMILES string of the molecule is CC(C)C(C)NC(=O)C1CCN(C(=O)Cc2ccc3c(c2)CCCC3)CC1. The minimum atomic E-state index is 0.0407. The van der Waals surface area contributed by atoms with Crippen LogP contribution in [0.5, 0.6) is 0 Å². The lowest BCUT2D eigenvalue weighted by Gasteiger charge is -2.32. The van der Waals surface area contributed by atoms with E-state index < -0.39 is 0 Å². The van der Waals surface area contributed by atoms with E-state index in [9.17, 15) is 9.59 Å². The Hall–Kier alpha value is -1.84. The van der Waals surface area contributed by atoms with Crippen molar-refractivity contribution in [3.8, 4) is 0 Å². The zero-order valence-corrected chi connectivity index (χ0v) is 17.1. The van der Waals surface area contributed by atoms with Crippen LogP contribution >= 0.6 is 0 Å². The van der Waals surface area contributed by atoms with Crippen molar-refractivity contribution in [3.63, 3.8) is 0 Å². The van der Waals surface area contributed by atoms with Crippen molar-refractivity contribution >= 4 is 11.8 Å². The van der Waals surface area contributed by atoms with E-state index >= 15 is 0 Å². The Labute approximate surface area is 163 Å². The van der Waals surface area contributed by atoms with Gasteiger partial charge in [0, 0.05) is 25.0 Å². The average Bonchev–Trinajstić information content (AvgIpc) is 2.67. The summed E-state index contributed by atoms with van der Waals surface area (Å²) >= 11 is 0. The van der Waals surface area contributed by atoms with Crippen molar-refractivity contribution in [2.24, 2.45) is 11.8 Å². The number of benzene rings is 1. The van der Waals surface area contributed by atoms with Gasteiger partial charge in [0.15, 0.2) is 0 Å². The number of likely N-dealkylation sites (tertiary alicyclic amines) is 1. The first-order chi connectivity index (χ1) is 12.9. The number of rotatable bonds is 5. The lowest BCUT2D eigenvalue weighted by atomic mass is 9.89. The molecule has 0 bridgehead atoms. The molecule has 1 N–H and O–H groups in total. The highest BCUT2D eigenvalue weighted by Crippen LogP contribution is 2.23. The summed E-state index contributed by atoms with van der Waals surface area (Å²) in [7, 11) is 0. The van der Waals surface area contributed by atoms with Crippen molar-refractivity contribution in [1.82, 2.24) is 10.2 Å². The summed E-state index contributed by atoms with van der Waals surface area (Å²) in [6.07, 6.45) is 6.88. The van der Waals surface area contributed by atoms with E-state index in [0.717, 1.165) is 24.8 Å².